The molecule has 0 bridgehead atoms. The highest BCUT2D eigenvalue weighted by atomic mass is 16.2. The van der Waals surface area contributed by atoms with E-state index in [1.165, 1.54) is 35.1 Å². The topological polar surface area (TPSA) is 20.2 Å². The molecule has 0 fully saturated rings. The van der Waals surface area contributed by atoms with Crippen LogP contribution in [0.5, 0.6) is 0 Å². The van der Waals surface area contributed by atoms with Gasteiger partial charge in [0.05, 0.1) is 0 Å². The van der Waals surface area contributed by atoms with Crippen LogP contribution in [0.2, 0.25) is 0 Å². The molecule has 36 heavy (non-hydrogen) atoms. The zero-order chi connectivity index (χ0) is 26.8. The Hall–Kier alpha value is -2.38. The van der Waals surface area contributed by atoms with Gasteiger partial charge in [0, 0.05) is 12.5 Å². The van der Waals surface area contributed by atoms with Gasteiger partial charge in [-0.1, -0.05) is 140 Å². The van der Waals surface area contributed by atoms with Crippen LogP contribution in [0, 0.1) is 16.7 Å². The van der Waals surface area contributed by atoms with Crippen LogP contribution in [0.3, 0.4) is 0 Å². The van der Waals surface area contributed by atoms with Gasteiger partial charge < -0.3 is 5.11 Å². The Kier molecular flexibility index (Phi) is 11.4. The Bertz CT molecular complexity index is 986. The number of aliphatic hydroxyl groups excluding tert-OH is 1. The summed E-state index contributed by atoms with van der Waals surface area (Å²) in [5.74, 6) is 1.44. The summed E-state index contributed by atoms with van der Waals surface area (Å²) >= 11 is 0. The van der Waals surface area contributed by atoms with Crippen LogP contribution in [0.4, 0.5) is 0 Å². The fraction of sp³-hybridized carbons (Fsp3) is 0.486. The molecule has 0 saturated heterocycles. The van der Waals surface area contributed by atoms with Crippen LogP contribution >= 0.6 is 0 Å². The average molecular weight is 487 g/mol. The second-order valence-corrected chi connectivity index (χ2v) is 11.5. The van der Waals surface area contributed by atoms with Gasteiger partial charge >= 0.3 is 0 Å². The van der Waals surface area contributed by atoms with Gasteiger partial charge in [0.1, 0.15) is 0 Å². The van der Waals surface area contributed by atoms with Gasteiger partial charge in [-0.2, -0.15) is 0 Å². The molecular formula is C35H50O. The third-order valence-electron chi connectivity index (χ3n) is 8.37. The van der Waals surface area contributed by atoms with E-state index >= 15 is 0 Å². The molecule has 1 nitrogen and oxygen atoms in total. The summed E-state index contributed by atoms with van der Waals surface area (Å²) in [7, 11) is 0. The molecule has 3 atom stereocenters. The Labute approximate surface area is 222 Å². The summed E-state index contributed by atoms with van der Waals surface area (Å²) in [6.45, 7) is 18.9. The largest absolute Gasteiger partial charge is 0.397 e. The smallest absolute Gasteiger partial charge is 0.0402 e. The molecule has 3 rings (SSSR count). The monoisotopic (exact) mass is 486 g/mol. The van der Waals surface area contributed by atoms with Crippen LogP contribution in [-0.2, 0) is 6.42 Å². The molecule has 0 aliphatic carbocycles. The van der Waals surface area contributed by atoms with E-state index in [2.05, 4.69) is 133 Å². The highest BCUT2D eigenvalue weighted by molar-refractivity contribution is 5.38. The van der Waals surface area contributed by atoms with Gasteiger partial charge in [-0.3, -0.25) is 0 Å². The van der Waals surface area contributed by atoms with Crippen molar-refractivity contribution in [3.63, 3.8) is 0 Å². The fourth-order valence-electron chi connectivity index (χ4n) is 5.62. The molecule has 196 valence electrons. The summed E-state index contributed by atoms with van der Waals surface area (Å²) in [6, 6.07) is 31.8. The SMILES string of the molecule is CCO.CCc1ccc(C(c2ccccc2)C(C)(C)C(CC(C)(C)C(C)CC)c2ccccc2)cc1. The molecular weight excluding hydrogens is 436 g/mol. The Balaban J connectivity index is 0.00000145. The zero-order valence-corrected chi connectivity index (χ0v) is 24.1. The van der Waals surface area contributed by atoms with Crippen molar-refractivity contribution in [1.82, 2.24) is 0 Å². The lowest BCUT2D eigenvalue weighted by molar-refractivity contribution is 0.131. The molecule has 0 spiro atoms. The molecule has 1 heteroatoms. The molecule has 0 aliphatic heterocycles. The summed E-state index contributed by atoms with van der Waals surface area (Å²) in [5.41, 5.74) is 5.99. The molecule has 0 amide bonds. The van der Waals surface area contributed by atoms with Crippen molar-refractivity contribution in [2.75, 3.05) is 6.61 Å². The highest BCUT2D eigenvalue weighted by Crippen LogP contribution is 2.54. The van der Waals surface area contributed by atoms with E-state index in [0.29, 0.717) is 17.8 Å². The Morgan fingerprint density at radius 3 is 1.56 bits per heavy atom. The zero-order valence-electron chi connectivity index (χ0n) is 24.1. The molecule has 1 N–H and O–H groups in total. The fourth-order valence-corrected chi connectivity index (χ4v) is 5.62. The number of hydrogen-bond acceptors (Lipinski definition) is 1. The van der Waals surface area contributed by atoms with Gasteiger partial charge in [-0.05, 0) is 64.7 Å². The van der Waals surface area contributed by atoms with Crippen molar-refractivity contribution < 1.29 is 5.11 Å². The Morgan fingerprint density at radius 2 is 1.11 bits per heavy atom. The molecule has 0 heterocycles. The minimum Gasteiger partial charge on any atom is -0.397 e. The van der Waals surface area contributed by atoms with E-state index in [0.717, 1.165) is 6.42 Å². The first kappa shape index (κ1) is 29.8. The summed E-state index contributed by atoms with van der Waals surface area (Å²) in [4.78, 5) is 0. The lowest BCUT2D eigenvalue weighted by Gasteiger charge is -2.46. The molecule has 3 unspecified atom stereocenters. The standard InChI is InChI=1S/C33H44.C2H6O/c1-8-25(3)32(4,5)24-30(27-16-12-10-13-17-27)33(6,7)31(28-18-14-11-15-19-28)29-22-20-26(9-2)21-23-29;1-2-3/h10-23,25,30-31H,8-9,24H2,1-7H3;3H,2H2,1H3. The molecule has 0 aliphatic rings. The van der Waals surface area contributed by atoms with Crippen molar-refractivity contribution >= 4 is 0 Å². The van der Waals surface area contributed by atoms with Crippen molar-refractivity contribution in [2.24, 2.45) is 16.7 Å². The number of benzene rings is 3. The summed E-state index contributed by atoms with van der Waals surface area (Å²) in [6.07, 6.45) is 3.47. The number of rotatable bonds is 10. The number of hydrogen-bond donors (Lipinski definition) is 1. The van der Waals surface area contributed by atoms with Gasteiger partial charge in [0.25, 0.3) is 0 Å². The quantitative estimate of drug-likeness (QED) is 0.302. The molecule has 0 radical (unpaired) electrons. The maximum Gasteiger partial charge on any atom is 0.0402 e. The van der Waals surface area contributed by atoms with Crippen molar-refractivity contribution in [1.29, 1.82) is 0 Å². The van der Waals surface area contributed by atoms with Gasteiger partial charge in [-0.25, -0.2) is 0 Å². The van der Waals surface area contributed by atoms with Crippen molar-refractivity contribution in [2.45, 2.75) is 86.5 Å². The molecule has 3 aromatic rings. The normalized spacial score (nSPS) is 14.4. The minimum absolute atomic E-state index is 0.0289. The van der Waals surface area contributed by atoms with E-state index in [-0.39, 0.29) is 17.4 Å². The molecule has 3 aromatic carbocycles. The van der Waals surface area contributed by atoms with E-state index in [1.54, 1.807) is 6.92 Å². The number of aryl methyl sites for hydroxylation is 1. The van der Waals surface area contributed by atoms with Crippen LogP contribution in [0.25, 0.3) is 0 Å². The van der Waals surface area contributed by atoms with Crippen LogP contribution in [0.1, 0.15) is 102 Å². The van der Waals surface area contributed by atoms with Crippen molar-refractivity contribution in [3.8, 4) is 0 Å². The Morgan fingerprint density at radius 1 is 0.667 bits per heavy atom. The second kappa shape index (κ2) is 13.8. The van der Waals surface area contributed by atoms with Crippen LogP contribution in [-0.4, -0.2) is 11.7 Å². The first-order valence-electron chi connectivity index (χ1n) is 13.9. The molecule has 0 aromatic heterocycles. The first-order chi connectivity index (χ1) is 17.1. The van der Waals surface area contributed by atoms with E-state index in [9.17, 15) is 0 Å². The third-order valence-corrected chi connectivity index (χ3v) is 8.37. The summed E-state index contributed by atoms with van der Waals surface area (Å²) in [5, 5.41) is 7.57. The average Bonchev–Trinajstić information content (AvgIpc) is 2.88. The first-order valence-corrected chi connectivity index (χ1v) is 13.9. The van der Waals surface area contributed by atoms with Gasteiger partial charge in [0.15, 0.2) is 0 Å². The lowest BCUT2D eigenvalue weighted by Crippen LogP contribution is -2.35. The van der Waals surface area contributed by atoms with Gasteiger partial charge in [0.2, 0.25) is 0 Å². The maximum absolute atomic E-state index is 7.57. The predicted octanol–water partition coefficient (Wildman–Crippen LogP) is 9.65. The van der Waals surface area contributed by atoms with E-state index < -0.39 is 0 Å². The molecule has 0 saturated carbocycles. The lowest BCUT2D eigenvalue weighted by atomic mass is 9.58. The van der Waals surface area contributed by atoms with Gasteiger partial charge in [-0.15, -0.1) is 0 Å². The summed E-state index contributed by atoms with van der Waals surface area (Å²) < 4.78 is 0. The maximum atomic E-state index is 7.57. The van der Waals surface area contributed by atoms with E-state index in [4.69, 9.17) is 5.11 Å². The minimum atomic E-state index is 0.0289. The van der Waals surface area contributed by atoms with Crippen LogP contribution < -0.4 is 0 Å². The van der Waals surface area contributed by atoms with Crippen molar-refractivity contribution in [3.05, 3.63) is 107 Å². The van der Waals surface area contributed by atoms with Crippen LogP contribution in [0.15, 0.2) is 84.9 Å². The highest BCUT2D eigenvalue weighted by Gasteiger charge is 2.43. The number of aliphatic hydroxyl groups is 1. The predicted molar refractivity (Wildman–Crippen MR) is 158 cm³/mol. The second-order valence-electron chi connectivity index (χ2n) is 11.5. The third kappa shape index (κ3) is 7.56. The van der Waals surface area contributed by atoms with E-state index in [1.807, 2.05) is 0 Å².